The van der Waals surface area contributed by atoms with E-state index in [1.165, 1.54) is 0 Å². The molecule has 0 aliphatic heterocycles. The second-order valence-corrected chi connectivity index (χ2v) is 4.99. The molecule has 2 aromatic carbocycles. The van der Waals surface area contributed by atoms with Crippen LogP contribution in [-0.2, 0) is 6.42 Å². The predicted octanol–water partition coefficient (Wildman–Crippen LogP) is 4.79. The van der Waals surface area contributed by atoms with Crippen LogP contribution in [-0.4, -0.2) is 9.97 Å². The number of halogens is 3. The number of aromatic nitrogens is 2. The van der Waals surface area contributed by atoms with Gasteiger partial charge in [0.05, 0.1) is 5.52 Å². The van der Waals surface area contributed by atoms with E-state index in [0.717, 1.165) is 29.7 Å². The largest absolute Gasteiger partial charge is 0.228 e. The highest BCUT2D eigenvalue weighted by atomic mass is 35.5. The van der Waals surface area contributed by atoms with Crippen molar-refractivity contribution in [1.29, 1.82) is 0 Å². The van der Waals surface area contributed by atoms with Crippen molar-refractivity contribution < 1.29 is 8.78 Å². The lowest BCUT2D eigenvalue weighted by Gasteiger charge is -2.08. The van der Waals surface area contributed by atoms with E-state index >= 15 is 0 Å². The highest BCUT2D eigenvalue weighted by Gasteiger charge is 2.13. The van der Waals surface area contributed by atoms with Crippen molar-refractivity contribution in [3.63, 3.8) is 0 Å². The van der Waals surface area contributed by atoms with Crippen molar-refractivity contribution >= 4 is 22.5 Å². The molecule has 0 unspecified atom stereocenters. The number of nitrogens with zero attached hydrogens (tertiary/aromatic N) is 2. The van der Waals surface area contributed by atoms with Gasteiger partial charge in [-0.15, -0.1) is 0 Å². The molecular formula is C16H11ClF2N2. The number of aryl methyl sites for hydroxylation is 1. The molecule has 0 aliphatic rings. The van der Waals surface area contributed by atoms with Crippen LogP contribution in [0.1, 0.15) is 12.5 Å². The Kier molecular flexibility index (Phi) is 3.55. The number of hydrogen-bond acceptors (Lipinski definition) is 2. The second-order valence-electron chi connectivity index (χ2n) is 4.63. The maximum Gasteiger partial charge on any atom is 0.161 e. The molecule has 21 heavy (non-hydrogen) atoms. The van der Waals surface area contributed by atoms with Crippen LogP contribution in [0.25, 0.3) is 22.3 Å². The van der Waals surface area contributed by atoms with Crippen molar-refractivity contribution in [1.82, 2.24) is 9.97 Å². The molecule has 106 valence electrons. The van der Waals surface area contributed by atoms with Gasteiger partial charge in [0.15, 0.2) is 17.5 Å². The van der Waals surface area contributed by atoms with Gasteiger partial charge in [0.2, 0.25) is 0 Å². The Morgan fingerprint density at radius 3 is 2.52 bits per heavy atom. The van der Waals surface area contributed by atoms with E-state index in [1.807, 2.05) is 31.2 Å². The van der Waals surface area contributed by atoms with Crippen molar-refractivity contribution in [3.8, 4) is 11.4 Å². The first-order valence-corrected chi connectivity index (χ1v) is 6.88. The van der Waals surface area contributed by atoms with Gasteiger partial charge in [0, 0.05) is 17.0 Å². The third-order valence-electron chi connectivity index (χ3n) is 3.33. The summed E-state index contributed by atoms with van der Waals surface area (Å²) in [5, 5.41) is 0.410. The van der Waals surface area contributed by atoms with E-state index in [9.17, 15) is 8.78 Å². The van der Waals surface area contributed by atoms with Gasteiger partial charge in [-0.1, -0.05) is 42.8 Å². The van der Waals surface area contributed by atoms with Crippen LogP contribution < -0.4 is 0 Å². The quantitative estimate of drug-likeness (QED) is 0.636. The predicted molar refractivity (Wildman–Crippen MR) is 79.3 cm³/mol. The third-order valence-corrected chi connectivity index (χ3v) is 3.62. The first kappa shape index (κ1) is 13.9. The van der Waals surface area contributed by atoms with Gasteiger partial charge in [-0.2, -0.15) is 0 Å². The lowest BCUT2D eigenvalue weighted by molar-refractivity contribution is 0.510. The van der Waals surface area contributed by atoms with Crippen molar-refractivity contribution in [2.24, 2.45) is 0 Å². The summed E-state index contributed by atoms with van der Waals surface area (Å²) in [5.74, 6) is -1.50. The standard InChI is InChI=1S/C16H11ClF2N2/c1-2-9-5-3-4-6-10(9)16-20-14-8-13(19)12(18)7-11(14)15(17)21-16/h3-8H,2H2,1H3. The zero-order valence-corrected chi connectivity index (χ0v) is 12.0. The minimum atomic E-state index is -0.963. The molecule has 0 fully saturated rings. The minimum absolute atomic E-state index is 0.111. The molecule has 0 spiro atoms. The number of fused-ring (bicyclic) bond motifs is 1. The van der Waals surface area contributed by atoms with Crippen molar-refractivity contribution in [3.05, 3.63) is 58.7 Å². The molecule has 5 heteroatoms. The topological polar surface area (TPSA) is 25.8 Å². The first-order chi connectivity index (χ1) is 10.1. The fourth-order valence-corrected chi connectivity index (χ4v) is 2.48. The molecule has 2 nitrogen and oxygen atoms in total. The van der Waals surface area contributed by atoms with Crippen molar-refractivity contribution in [2.45, 2.75) is 13.3 Å². The van der Waals surface area contributed by atoms with Crippen LogP contribution in [0, 0.1) is 11.6 Å². The Balaban J connectivity index is 2.27. The lowest BCUT2D eigenvalue weighted by Crippen LogP contribution is -1.97. The van der Waals surface area contributed by atoms with Crippen LogP contribution in [0.3, 0.4) is 0 Å². The minimum Gasteiger partial charge on any atom is -0.228 e. The van der Waals surface area contributed by atoms with E-state index < -0.39 is 11.6 Å². The third kappa shape index (κ3) is 2.47. The molecular weight excluding hydrogens is 294 g/mol. The Labute approximate surface area is 125 Å². The average Bonchev–Trinajstić information content (AvgIpc) is 2.49. The normalized spacial score (nSPS) is 11.0. The summed E-state index contributed by atoms with van der Waals surface area (Å²) in [7, 11) is 0. The zero-order valence-electron chi connectivity index (χ0n) is 11.2. The monoisotopic (exact) mass is 304 g/mol. The lowest BCUT2D eigenvalue weighted by atomic mass is 10.0. The zero-order chi connectivity index (χ0) is 15.0. The Morgan fingerprint density at radius 1 is 1.05 bits per heavy atom. The highest BCUT2D eigenvalue weighted by Crippen LogP contribution is 2.28. The maximum atomic E-state index is 13.4. The summed E-state index contributed by atoms with van der Waals surface area (Å²) in [6, 6.07) is 9.72. The summed E-state index contributed by atoms with van der Waals surface area (Å²) in [5.41, 5.74) is 2.19. The molecule has 1 aromatic heterocycles. The summed E-state index contributed by atoms with van der Waals surface area (Å²) in [6.07, 6.45) is 0.812. The molecule has 0 N–H and O–H groups in total. The molecule has 0 atom stereocenters. The number of benzene rings is 2. The fourth-order valence-electron chi connectivity index (χ4n) is 2.25. The van der Waals surface area contributed by atoms with E-state index in [-0.39, 0.29) is 10.7 Å². The van der Waals surface area contributed by atoms with Gasteiger partial charge in [-0.3, -0.25) is 0 Å². The molecule has 0 amide bonds. The van der Waals surface area contributed by atoms with Crippen LogP contribution in [0.2, 0.25) is 5.15 Å². The van der Waals surface area contributed by atoms with E-state index in [2.05, 4.69) is 9.97 Å². The smallest absolute Gasteiger partial charge is 0.161 e. The molecule has 1 heterocycles. The van der Waals surface area contributed by atoms with Gasteiger partial charge in [-0.05, 0) is 18.1 Å². The molecule has 0 radical (unpaired) electrons. The van der Waals surface area contributed by atoms with Crippen LogP contribution in [0.5, 0.6) is 0 Å². The SMILES string of the molecule is CCc1ccccc1-c1nc(Cl)c2cc(F)c(F)cc2n1. The van der Waals surface area contributed by atoms with Crippen LogP contribution in [0.4, 0.5) is 8.78 Å². The first-order valence-electron chi connectivity index (χ1n) is 6.50. The number of hydrogen-bond donors (Lipinski definition) is 0. The van der Waals surface area contributed by atoms with Gasteiger partial charge in [-0.25, -0.2) is 18.7 Å². The molecule has 0 saturated heterocycles. The Bertz CT molecular complexity index is 834. The van der Waals surface area contributed by atoms with Crippen LogP contribution in [0.15, 0.2) is 36.4 Å². The number of rotatable bonds is 2. The van der Waals surface area contributed by atoms with E-state index in [1.54, 1.807) is 0 Å². The molecule has 3 aromatic rings. The van der Waals surface area contributed by atoms with Gasteiger partial charge in [0.25, 0.3) is 0 Å². The molecule has 0 saturated carbocycles. The fraction of sp³-hybridized carbons (Fsp3) is 0.125. The molecule has 3 rings (SSSR count). The molecule has 0 aliphatic carbocycles. The molecule has 0 bridgehead atoms. The summed E-state index contributed by atoms with van der Waals surface area (Å²) in [4.78, 5) is 8.53. The highest BCUT2D eigenvalue weighted by molar-refractivity contribution is 6.34. The summed E-state index contributed by atoms with van der Waals surface area (Å²) < 4.78 is 26.7. The second kappa shape index (κ2) is 5.37. The summed E-state index contributed by atoms with van der Waals surface area (Å²) >= 11 is 6.09. The van der Waals surface area contributed by atoms with Gasteiger partial charge in [0.1, 0.15) is 5.15 Å². The Hall–Kier alpha value is -2.07. The van der Waals surface area contributed by atoms with Gasteiger partial charge < -0.3 is 0 Å². The maximum absolute atomic E-state index is 13.4. The Morgan fingerprint density at radius 2 is 1.76 bits per heavy atom. The average molecular weight is 305 g/mol. The van der Waals surface area contributed by atoms with E-state index in [4.69, 9.17) is 11.6 Å². The van der Waals surface area contributed by atoms with Gasteiger partial charge >= 0.3 is 0 Å². The van der Waals surface area contributed by atoms with E-state index in [0.29, 0.717) is 11.2 Å². The van der Waals surface area contributed by atoms with Crippen molar-refractivity contribution in [2.75, 3.05) is 0 Å². The summed E-state index contributed by atoms with van der Waals surface area (Å²) in [6.45, 7) is 2.02. The van der Waals surface area contributed by atoms with Crippen LogP contribution >= 0.6 is 11.6 Å².